The minimum Gasteiger partial charge on any atom is -1.00 e. The molecule has 0 aliphatic carbocycles. The highest BCUT2D eigenvalue weighted by molar-refractivity contribution is 5.57. The van der Waals surface area contributed by atoms with Crippen molar-refractivity contribution in [2.24, 2.45) is 0 Å². The first-order chi connectivity index (χ1) is 9.42. The van der Waals surface area contributed by atoms with E-state index in [0.29, 0.717) is 13.1 Å². The van der Waals surface area contributed by atoms with Crippen LogP contribution in [0.5, 0.6) is 0 Å². The first-order valence-electron chi connectivity index (χ1n) is 6.29. The molecule has 104 valence electrons. The van der Waals surface area contributed by atoms with Gasteiger partial charge in [-0.3, -0.25) is 0 Å². The summed E-state index contributed by atoms with van der Waals surface area (Å²) in [7, 11) is 0. The van der Waals surface area contributed by atoms with Crippen LogP contribution in [0.25, 0.3) is 11.3 Å². The fraction of sp³-hybridized carbons (Fsp3) is 0.125. The van der Waals surface area contributed by atoms with Crippen molar-refractivity contribution >= 4 is 0 Å². The topological polar surface area (TPSA) is 38.3 Å². The molecule has 0 aliphatic rings. The van der Waals surface area contributed by atoms with Gasteiger partial charge in [-0.05, 0) is 24.3 Å². The third kappa shape index (κ3) is 3.53. The van der Waals surface area contributed by atoms with Crippen molar-refractivity contribution in [1.29, 1.82) is 0 Å². The second kappa shape index (κ2) is 6.98. The molecule has 0 amide bonds. The van der Waals surface area contributed by atoms with Gasteiger partial charge in [0.1, 0.15) is 17.3 Å². The zero-order chi connectivity index (χ0) is 12.9. The van der Waals surface area contributed by atoms with Gasteiger partial charge in [0.15, 0.2) is 0 Å². The van der Waals surface area contributed by atoms with Crippen LogP contribution >= 0.6 is 0 Å². The number of furan rings is 2. The van der Waals surface area contributed by atoms with Crippen molar-refractivity contribution in [3.63, 3.8) is 0 Å². The first kappa shape index (κ1) is 14.4. The Bertz CT molecular complexity index is 617. The lowest BCUT2D eigenvalue weighted by atomic mass is 10.2. The zero-order valence-electron chi connectivity index (χ0n) is 10.9. The van der Waals surface area contributed by atoms with Crippen molar-refractivity contribution in [3.05, 3.63) is 72.4 Å². The van der Waals surface area contributed by atoms with E-state index in [4.69, 9.17) is 8.83 Å². The smallest absolute Gasteiger partial charge is 0.134 e. The minimum absolute atomic E-state index is 0. The lowest BCUT2D eigenvalue weighted by Crippen LogP contribution is -3.00. The van der Waals surface area contributed by atoms with Crippen molar-refractivity contribution in [2.75, 3.05) is 0 Å². The number of hydrogen-bond donors (Lipinski definition) is 1. The van der Waals surface area contributed by atoms with Gasteiger partial charge in [0.05, 0.1) is 19.4 Å². The predicted octanol–water partition coefficient (Wildman–Crippen LogP) is 0.833. The quantitative estimate of drug-likeness (QED) is 0.756. The molecule has 20 heavy (non-hydrogen) atoms. The van der Waals surface area contributed by atoms with Gasteiger partial charge in [0.2, 0.25) is 0 Å². The number of rotatable bonds is 5. The summed E-state index contributed by atoms with van der Waals surface area (Å²) in [6.45, 7) is 1.39. The van der Waals surface area contributed by atoms with Crippen LogP contribution in [0, 0.1) is 0 Å². The summed E-state index contributed by atoms with van der Waals surface area (Å²) in [6.07, 6.45) is 1.68. The van der Waals surface area contributed by atoms with Gasteiger partial charge in [-0.1, -0.05) is 30.3 Å². The van der Waals surface area contributed by atoms with Crippen LogP contribution in [0.3, 0.4) is 0 Å². The molecular formula is C16H15ClNO2-. The van der Waals surface area contributed by atoms with Gasteiger partial charge in [-0.2, -0.15) is 0 Å². The summed E-state index contributed by atoms with van der Waals surface area (Å²) in [5.74, 6) is 2.75. The molecule has 1 N–H and O–H groups in total. The maximum atomic E-state index is 5.80. The Morgan fingerprint density at radius 1 is 0.800 bits per heavy atom. The Hall–Kier alpha value is -1.97. The van der Waals surface area contributed by atoms with Crippen LogP contribution in [0.4, 0.5) is 0 Å². The molecule has 3 aromatic rings. The highest BCUT2D eigenvalue weighted by Gasteiger charge is 2.04. The third-order valence-corrected chi connectivity index (χ3v) is 2.90. The van der Waals surface area contributed by atoms with E-state index in [1.807, 2.05) is 54.6 Å². The molecule has 0 unspecified atom stereocenters. The molecule has 0 aliphatic heterocycles. The molecule has 1 aromatic carbocycles. The fourth-order valence-corrected chi connectivity index (χ4v) is 1.95. The van der Waals surface area contributed by atoms with Crippen LogP contribution in [0.2, 0.25) is 0 Å². The lowest BCUT2D eigenvalue weighted by molar-refractivity contribution is -0.00000491. The molecule has 4 heteroatoms. The normalized spacial score (nSPS) is 10.2. The molecule has 0 fully saturated rings. The minimum atomic E-state index is 0. The SMILES string of the molecule is [Cl-].c1ccc(-c2ccc(CNCc3ccco3)o2)cc1. The number of nitrogens with one attached hydrogen (secondary N) is 1. The fourth-order valence-electron chi connectivity index (χ4n) is 1.95. The van der Waals surface area contributed by atoms with Crippen LogP contribution < -0.4 is 17.7 Å². The van der Waals surface area contributed by atoms with Crippen molar-refractivity contribution in [3.8, 4) is 11.3 Å². The molecule has 0 spiro atoms. The molecule has 3 nitrogen and oxygen atoms in total. The maximum absolute atomic E-state index is 5.80. The Balaban J connectivity index is 0.00000147. The van der Waals surface area contributed by atoms with E-state index < -0.39 is 0 Å². The summed E-state index contributed by atoms with van der Waals surface area (Å²) in [4.78, 5) is 0. The summed E-state index contributed by atoms with van der Waals surface area (Å²) >= 11 is 0. The molecule has 0 radical (unpaired) electrons. The average Bonchev–Trinajstić information content (AvgIpc) is 3.11. The highest BCUT2D eigenvalue weighted by atomic mass is 35.5. The monoisotopic (exact) mass is 288 g/mol. The van der Waals surface area contributed by atoms with E-state index in [2.05, 4.69) is 5.32 Å². The van der Waals surface area contributed by atoms with Crippen molar-refractivity contribution in [1.82, 2.24) is 5.32 Å². The van der Waals surface area contributed by atoms with Crippen molar-refractivity contribution < 1.29 is 21.2 Å². The molecule has 0 saturated carbocycles. The molecule has 0 atom stereocenters. The average molecular weight is 289 g/mol. The number of hydrogen-bond acceptors (Lipinski definition) is 3. The van der Waals surface area contributed by atoms with Gasteiger partial charge in [0.25, 0.3) is 0 Å². The van der Waals surface area contributed by atoms with Crippen LogP contribution in [0.1, 0.15) is 11.5 Å². The zero-order valence-corrected chi connectivity index (χ0v) is 11.6. The third-order valence-electron chi connectivity index (χ3n) is 2.90. The van der Waals surface area contributed by atoms with Crippen LogP contribution in [-0.4, -0.2) is 0 Å². The van der Waals surface area contributed by atoms with Crippen molar-refractivity contribution in [2.45, 2.75) is 13.1 Å². The Morgan fingerprint density at radius 3 is 2.35 bits per heavy atom. The standard InChI is InChI=1S/C16H15NO2.ClH/c1-2-5-13(6-3-1)16-9-8-15(19-16)12-17-11-14-7-4-10-18-14;/h1-10,17H,11-12H2;1H/p-1. The van der Waals surface area contributed by atoms with E-state index in [0.717, 1.165) is 22.8 Å². The second-order valence-electron chi connectivity index (χ2n) is 4.31. The summed E-state index contributed by atoms with van der Waals surface area (Å²) < 4.78 is 11.0. The Kier molecular flexibility index (Phi) is 5.04. The summed E-state index contributed by atoms with van der Waals surface area (Å²) in [6, 6.07) is 17.9. The van der Waals surface area contributed by atoms with Crippen LogP contribution in [0.15, 0.2) is 69.7 Å². The van der Waals surface area contributed by atoms with E-state index >= 15 is 0 Å². The number of halogens is 1. The largest absolute Gasteiger partial charge is 1.00 e. The van der Waals surface area contributed by atoms with Gasteiger partial charge in [0, 0.05) is 5.56 Å². The van der Waals surface area contributed by atoms with Crippen LogP contribution in [-0.2, 0) is 13.1 Å². The summed E-state index contributed by atoms with van der Waals surface area (Å²) in [5, 5.41) is 3.28. The molecule has 3 rings (SSSR count). The maximum Gasteiger partial charge on any atom is 0.134 e. The molecule has 0 saturated heterocycles. The lowest BCUT2D eigenvalue weighted by Gasteiger charge is -2.00. The highest BCUT2D eigenvalue weighted by Crippen LogP contribution is 2.21. The first-order valence-corrected chi connectivity index (χ1v) is 6.29. The second-order valence-corrected chi connectivity index (χ2v) is 4.31. The van der Waals surface area contributed by atoms with Gasteiger partial charge in [-0.15, -0.1) is 0 Å². The Labute approximate surface area is 124 Å². The van der Waals surface area contributed by atoms with E-state index in [1.54, 1.807) is 6.26 Å². The van der Waals surface area contributed by atoms with Gasteiger partial charge < -0.3 is 26.6 Å². The molecule has 0 bridgehead atoms. The summed E-state index contributed by atoms with van der Waals surface area (Å²) in [5.41, 5.74) is 1.10. The van der Waals surface area contributed by atoms with E-state index in [-0.39, 0.29) is 12.4 Å². The van der Waals surface area contributed by atoms with Gasteiger partial charge in [-0.25, -0.2) is 0 Å². The predicted molar refractivity (Wildman–Crippen MR) is 73.4 cm³/mol. The molecule has 2 heterocycles. The van der Waals surface area contributed by atoms with E-state index in [9.17, 15) is 0 Å². The molecule has 2 aromatic heterocycles. The number of benzene rings is 1. The Morgan fingerprint density at radius 2 is 1.60 bits per heavy atom. The molecular weight excluding hydrogens is 274 g/mol. The van der Waals surface area contributed by atoms with E-state index in [1.165, 1.54) is 0 Å². The van der Waals surface area contributed by atoms with Gasteiger partial charge >= 0.3 is 0 Å².